The van der Waals surface area contributed by atoms with Crippen LogP contribution >= 0.6 is 0 Å². The van der Waals surface area contributed by atoms with Crippen molar-refractivity contribution < 1.29 is 9.47 Å². The predicted molar refractivity (Wildman–Crippen MR) is 79.4 cm³/mol. The maximum absolute atomic E-state index is 5.76. The van der Waals surface area contributed by atoms with Crippen LogP contribution in [0.2, 0.25) is 0 Å². The lowest BCUT2D eigenvalue weighted by molar-refractivity contribution is 0.296. The fraction of sp³-hybridized carbons (Fsp3) is 0.625. The van der Waals surface area contributed by atoms with Crippen molar-refractivity contribution >= 4 is 0 Å². The molecule has 0 radical (unpaired) electrons. The van der Waals surface area contributed by atoms with Gasteiger partial charge in [0.2, 0.25) is 0 Å². The van der Waals surface area contributed by atoms with Gasteiger partial charge in [-0.15, -0.1) is 0 Å². The lowest BCUT2D eigenvalue weighted by atomic mass is 10.1. The largest absolute Gasteiger partial charge is 0.490 e. The molecular formula is C16H24N2O2. The van der Waals surface area contributed by atoms with Gasteiger partial charge in [-0.1, -0.05) is 6.07 Å². The summed E-state index contributed by atoms with van der Waals surface area (Å²) in [7, 11) is 2.03. The van der Waals surface area contributed by atoms with E-state index in [-0.39, 0.29) is 0 Å². The van der Waals surface area contributed by atoms with Crippen LogP contribution in [0.15, 0.2) is 18.2 Å². The minimum Gasteiger partial charge on any atom is -0.490 e. The molecule has 0 bridgehead atoms. The smallest absolute Gasteiger partial charge is 0.161 e. The molecule has 1 atom stereocenters. The van der Waals surface area contributed by atoms with Gasteiger partial charge >= 0.3 is 0 Å². The summed E-state index contributed by atoms with van der Waals surface area (Å²) in [4.78, 5) is 2.53. The molecule has 1 saturated heterocycles. The minimum atomic E-state index is 0.754. The highest BCUT2D eigenvalue weighted by Crippen LogP contribution is 2.31. The molecule has 4 heteroatoms. The van der Waals surface area contributed by atoms with Crippen molar-refractivity contribution in [3.05, 3.63) is 23.8 Å². The lowest BCUT2D eigenvalue weighted by Crippen LogP contribution is -2.24. The Balaban J connectivity index is 1.62. The van der Waals surface area contributed by atoms with Crippen molar-refractivity contribution in [2.45, 2.75) is 19.4 Å². The molecule has 110 valence electrons. The van der Waals surface area contributed by atoms with Crippen molar-refractivity contribution in [3.63, 3.8) is 0 Å². The number of benzene rings is 1. The van der Waals surface area contributed by atoms with Gasteiger partial charge in [-0.05, 0) is 50.2 Å². The molecule has 1 unspecified atom stereocenters. The highest BCUT2D eigenvalue weighted by atomic mass is 16.5. The van der Waals surface area contributed by atoms with Crippen molar-refractivity contribution in [1.82, 2.24) is 10.2 Å². The van der Waals surface area contributed by atoms with E-state index in [1.165, 1.54) is 25.1 Å². The van der Waals surface area contributed by atoms with Gasteiger partial charge in [0.05, 0.1) is 13.2 Å². The Bertz CT molecular complexity index is 450. The van der Waals surface area contributed by atoms with E-state index < -0.39 is 0 Å². The van der Waals surface area contributed by atoms with Crippen LogP contribution in [0.3, 0.4) is 0 Å². The molecule has 20 heavy (non-hydrogen) atoms. The van der Waals surface area contributed by atoms with Gasteiger partial charge in [0.25, 0.3) is 0 Å². The van der Waals surface area contributed by atoms with E-state index in [0.29, 0.717) is 0 Å². The van der Waals surface area contributed by atoms with Crippen molar-refractivity contribution in [3.8, 4) is 11.5 Å². The molecule has 1 N–H and O–H groups in total. The summed E-state index contributed by atoms with van der Waals surface area (Å²) in [6.45, 7) is 6.03. The number of ether oxygens (including phenoxy) is 2. The molecule has 3 rings (SSSR count). The van der Waals surface area contributed by atoms with E-state index in [4.69, 9.17) is 9.47 Å². The first-order chi connectivity index (χ1) is 9.85. The molecule has 2 aliphatic rings. The van der Waals surface area contributed by atoms with Gasteiger partial charge in [0, 0.05) is 19.5 Å². The van der Waals surface area contributed by atoms with E-state index in [0.717, 1.165) is 50.1 Å². The Hall–Kier alpha value is -1.26. The molecule has 1 aromatic carbocycles. The highest BCUT2D eigenvalue weighted by molar-refractivity contribution is 5.43. The zero-order chi connectivity index (χ0) is 13.8. The molecule has 0 amide bonds. The van der Waals surface area contributed by atoms with Crippen LogP contribution in [0, 0.1) is 5.92 Å². The lowest BCUT2D eigenvalue weighted by Gasteiger charge is -2.17. The summed E-state index contributed by atoms with van der Waals surface area (Å²) in [5.74, 6) is 2.59. The third kappa shape index (κ3) is 3.25. The molecule has 1 aromatic rings. The molecule has 2 aliphatic heterocycles. The molecule has 0 spiro atoms. The zero-order valence-corrected chi connectivity index (χ0v) is 12.2. The number of rotatable bonds is 4. The van der Waals surface area contributed by atoms with E-state index in [9.17, 15) is 0 Å². The second-order valence-corrected chi connectivity index (χ2v) is 5.78. The van der Waals surface area contributed by atoms with Crippen molar-refractivity contribution in [2.24, 2.45) is 5.92 Å². The average Bonchev–Trinajstić information content (AvgIpc) is 2.75. The normalized spacial score (nSPS) is 22.8. The maximum Gasteiger partial charge on any atom is 0.161 e. The Morgan fingerprint density at radius 1 is 1.25 bits per heavy atom. The van der Waals surface area contributed by atoms with Gasteiger partial charge in [0.1, 0.15) is 0 Å². The maximum atomic E-state index is 5.76. The van der Waals surface area contributed by atoms with Crippen LogP contribution < -0.4 is 14.8 Å². The van der Waals surface area contributed by atoms with E-state index >= 15 is 0 Å². The summed E-state index contributed by atoms with van der Waals surface area (Å²) in [6, 6.07) is 6.36. The van der Waals surface area contributed by atoms with Crippen LogP contribution in [0.5, 0.6) is 11.5 Å². The molecule has 4 nitrogen and oxygen atoms in total. The van der Waals surface area contributed by atoms with Crippen LogP contribution in [-0.2, 0) is 6.54 Å². The third-order valence-corrected chi connectivity index (χ3v) is 4.08. The second kappa shape index (κ2) is 6.46. The Morgan fingerprint density at radius 2 is 2.10 bits per heavy atom. The highest BCUT2D eigenvalue weighted by Gasteiger charge is 2.22. The van der Waals surface area contributed by atoms with Gasteiger partial charge in [-0.25, -0.2) is 0 Å². The van der Waals surface area contributed by atoms with Crippen LogP contribution in [0.1, 0.15) is 18.4 Å². The number of likely N-dealkylation sites (tertiary alicyclic amines) is 1. The Labute approximate surface area is 121 Å². The topological polar surface area (TPSA) is 33.7 Å². The number of nitrogens with zero attached hydrogens (tertiary/aromatic N) is 1. The number of nitrogens with one attached hydrogen (secondary N) is 1. The monoisotopic (exact) mass is 276 g/mol. The van der Waals surface area contributed by atoms with Gasteiger partial charge in [-0.3, -0.25) is 4.90 Å². The van der Waals surface area contributed by atoms with Gasteiger partial charge in [-0.2, -0.15) is 0 Å². The zero-order valence-electron chi connectivity index (χ0n) is 12.2. The SMILES string of the molecule is CNCC1CCN(Cc2ccc3c(c2)OCCCO3)C1. The molecular weight excluding hydrogens is 252 g/mol. The predicted octanol–water partition coefficient (Wildman–Crippen LogP) is 1.89. The number of fused-ring (bicyclic) bond motifs is 1. The summed E-state index contributed by atoms with van der Waals surface area (Å²) >= 11 is 0. The first-order valence-electron chi connectivity index (χ1n) is 7.60. The Kier molecular flexibility index (Phi) is 4.43. The van der Waals surface area contributed by atoms with Gasteiger partial charge in [0.15, 0.2) is 11.5 Å². The van der Waals surface area contributed by atoms with Crippen molar-refractivity contribution in [1.29, 1.82) is 0 Å². The molecule has 2 heterocycles. The van der Waals surface area contributed by atoms with Crippen LogP contribution in [0.4, 0.5) is 0 Å². The summed E-state index contributed by atoms with van der Waals surface area (Å²) in [6.07, 6.45) is 2.26. The van der Waals surface area contributed by atoms with Gasteiger partial charge < -0.3 is 14.8 Å². The quantitative estimate of drug-likeness (QED) is 0.910. The number of hydrogen-bond donors (Lipinski definition) is 1. The summed E-state index contributed by atoms with van der Waals surface area (Å²) in [5.41, 5.74) is 1.32. The third-order valence-electron chi connectivity index (χ3n) is 4.08. The first-order valence-corrected chi connectivity index (χ1v) is 7.60. The molecule has 1 fully saturated rings. The van der Waals surface area contributed by atoms with E-state index in [1.54, 1.807) is 0 Å². The van der Waals surface area contributed by atoms with Crippen LogP contribution in [0.25, 0.3) is 0 Å². The summed E-state index contributed by atoms with van der Waals surface area (Å²) in [5, 5.41) is 3.28. The molecule has 0 aliphatic carbocycles. The average molecular weight is 276 g/mol. The van der Waals surface area contributed by atoms with E-state index in [2.05, 4.69) is 28.4 Å². The first kappa shape index (κ1) is 13.7. The standard InChI is InChI=1S/C16H24N2O2/c1-17-10-14-5-6-18(12-14)11-13-3-4-15-16(9-13)20-8-2-7-19-15/h3-4,9,14,17H,2,5-8,10-12H2,1H3. The van der Waals surface area contributed by atoms with E-state index in [1.807, 2.05) is 7.05 Å². The molecule has 0 aromatic heterocycles. The minimum absolute atomic E-state index is 0.754. The number of hydrogen-bond acceptors (Lipinski definition) is 4. The fourth-order valence-corrected chi connectivity index (χ4v) is 3.08. The summed E-state index contributed by atoms with van der Waals surface area (Å²) < 4.78 is 11.4. The van der Waals surface area contributed by atoms with Crippen LogP contribution in [-0.4, -0.2) is 44.8 Å². The van der Waals surface area contributed by atoms with Crippen molar-refractivity contribution in [2.75, 3.05) is 39.9 Å². The Morgan fingerprint density at radius 3 is 2.95 bits per heavy atom. The molecule has 0 saturated carbocycles. The second-order valence-electron chi connectivity index (χ2n) is 5.78. The fourth-order valence-electron chi connectivity index (χ4n) is 3.08.